The first-order valence-corrected chi connectivity index (χ1v) is 9.00. The number of nitrogens with two attached hydrogens (primary N) is 1. The maximum atomic E-state index is 12.5. The first-order valence-electron chi connectivity index (χ1n) is 9.00. The zero-order valence-electron chi connectivity index (χ0n) is 15.2. The normalized spacial score (nSPS) is 21.7. The molecule has 0 aliphatic carbocycles. The first-order chi connectivity index (χ1) is 11.4. The van der Waals surface area contributed by atoms with E-state index >= 15 is 0 Å². The van der Waals surface area contributed by atoms with Gasteiger partial charge in [-0.05, 0) is 31.6 Å². The number of nitrogens with one attached hydrogen (secondary N) is 1. The molecular formula is C17H31ClN4O3. The molecule has 2 rings (SSSR count). The van der Waals surface area contributed by atoms with E-state index in [1.807, 2.05) is 18.7 Å². The van der Waals surface area contributed by atoms with E-state index in [0.29, 0.717) is 13.1 Å². The first kappa shape index (κ1) is 21.7. The summed E-state index contributed by atoms with van der Waals surface area (Å²) < 4.78 is 0. The molecule has 0 aromatic heterocycles. The molecule has 2 fully saturated rings. The Hall–Kier alpha value is -1.34. The minimum atomic E-state index is -0.608. The van der Waals surface area contributed by atoms with Gasteiger partial charge in [0.1, 0.15) is 0 Å². The van der Waals surface area contributed by atoms with Crippen LogP contribution in [0, 0.1) is 11.8 Å². The van der Waals surface area contributed by atoms with Gasteiger partial charge in [-0.3, -0.25) is 14.4 Å². The molecule has 8 heteroatoms. The Bertz CT molecular complexity index is 481. The van der Waals surface area contributed by atoms with E-state index in [1.165, 1.54) is 0 Å². The summed E-state index contributed by atoms with van der Waals surface area (Å²) in [5.41, 5.74) is 5.77. The third kappa shape index (κ3) is 5.85. The molecular weight excluding hydrogens is 344 g/mol. The van der Waals surface area contributed by atoms with Crippen molar-refractivity contribution in [1.82, 2.24) is 15.1 Å². The molecule has 3 N–H and O–H groups in total. The van der Waals surface area contributed by atoms with Gasteiger partial charge in [-0.2, -0.15) is 0 Å². The third-order valence-corrected chi connectivity index (χ3v) is 4.98. The number of hydrogen-bond donors (Lipinski definition) is 2. The molecule has 0 spiro atoms. The number of piperidine rings is 1. The van der Waals surface area contributed by atoms with Crippen LogP contribution in [0.5, 0.6) is 0 Å². The van der Waals surface area contributed by atoms with E-state index in [0.717, 1.165) is 38.8 Å². The summed E-state index contributed by atoms with van der Waals surface area (Å²) in [6, 6.07) is -0.608. The smallest absolute Gasteiger partial charge is 0.241 e. The van der Waals surface area contributed by atoms with Crippen LogP contribution in [-0.2, 0) is 14.4 Å². The molecule has 144 valence electrons. The van der Waals surface area contributed by atoms with E-state index in [1.54, 1.807) is 4.90 Å². The minimum absolute atomic E-state index is 0. The molecule has 0 aromatic rings. The summed E-state index contributed by atoms with van der Waals surface area (Å²) in [6.45, 7) is 6.47. The molecule has 2 saturated heterocycles. The second kappa shape index (κ2) is 9.97. The Morgan fingerprint density at radius 1 is 1.08 bits per heavy atom. The molecule has 2 aliphatic heterocycles. The number of halogens is 1. The molecule has 25 heavy (non-hydrogen) atoms. The average Bonchev–Trinajstić information content (AvgIpc) is 3.12. The summed E-state index contributed by atoms with van der Waals surface area (Å²) in [7, 11) is 0. The van der Waals surface area contributed by atoms with Crippen LogP contribution in [0.3, 0.4) is 0 Å². The van der Waals surface area contributed by atoms with Gasteiger partial charge >= 0.3 is 0 Å². The van der Waals surface area contributed by atoms with Crippen molar-refractivity contribution in [2.75, 3.05) is 32.7 Å². The zero-order chi connectivity index (χ0) is 17.7. The maximum Gasteiger partial charge on any atom is 0.241 e. The summed E-state index contributed by atoms with van der Waals surface area (Å²) >= 11 is 0. The van der Waals surface area contributed by atoms with Crippen LogP contribution in [0.15, 0.2) is 0 Å². The van der Waals surface area contributed by atoms with Crippen LogP contribution >= 0.6 is 12.4 Å². The van der Waals surface area contributed by atoms with Gasteiger partial charge in [0.2, 0.25) is 17.7 Å². The molecule has 3 amide bonds. The lowest BCUT2D eigenvalue weighted by atomic mass is 9.96. The van der Waals surface area contributed by atoms with Gasteiger partial charge in [-0.1, -0.05) is 13.8 Å². The van der Waals surface area contributed by atoms with Gasteiger partial charge in [0.05, 0.1) is 18.5 Å². The summed E-state index contributed by atoms with van der Waals surface area (Å²) in [5.74, 6) is -0.346. The lowest BCUT2D eigenvalue weighted by Gasteiger charge is -2.34. The highest BCUT2D eigenvalue weighted by Crippen LogP contribution is 2.21. The predicted molar refractivity (Wildman–Crippen MR) is 98.2 cm³/mol. The fraction of sp³-hybridized carbons (Fsp3) is 0.824. The van der Waals surface area contributed by atoms with Gasteiger partial charge in [0.15, 0.2) is 0 Å². The van der Waals surface area contributed by atoms with Crippen LogP contribution in [0.25, 0.3) is 0 Å². The number of carbonyl (C=O) groups is 3. The van der Waals surface area contributed by atoms with Crippen LogP contribution in [0.1, 0.15) is 39.5 Å². The van der Waals surface area contributed by atoms with Gasteiger partial charge in [-0.25, -0.2) is 0 Å². The Balaban J connectivity index is 0.00000312. The molecule has 0 saturated carbocycles. The quantitative estimate of drug-likeness (QED) is 0.726. The Morgan fingerprint density at radius 2 is 1.68 bits per heavy atom. The Morgan fingerprint density at radius 3 is 2.28 bits per heavy atom. The van der Waals surface area contributed by atoms with Crippen molar-refractivity contribution in [1.29, 1.82) is 0 Å². The third-order valence-electron chi connectivity index (χ3n) is 4.98. The topological polar surface area (TPSA) is 95.7 Å². The number of amides is 3. The summed E-state index contributed by atoms with van der Waals surface area (Å²) in [6.07, 6.45) is 3.81. The van der Waals surface area contributed by atoms with E-state index < -0.39 is 6.04 Å². The standard InChI is InChI=1S/C17H30N4O3.ClH/c1-12(2)15(18)16(23)19-10-14(22)21-9-5-6-13(11-21)17(24)20-7-3-4-8-20;/h12-13,15H,3-11,18H2,1-2H3,(H,19,23);1H/t13?,15-;/m0./s1. The van der Waals surface area contributed by atoms with Crippen molar-refractivity contribution < 1.29 is 14.4 Å². The van der Waals surface area contributed by atoms with Crippen LogP contribution < -0.4 is 11.1 Å². The molecule has 0 radical (unpaired) electrons. The highest BCUT2D eigenvalue weighted by Gasteiger charge is 2.32. The Labute approximate surface area is 156 Å². The lowest BCUT2D eigenvalue weighted by molar-refractivity contribution is -0.140. The number of hydrogen-bond acceptors (Lipinski definition) is 4. The number of carbonyl (C=O) groups excluding carboxylic acids is 3. The SMILES string of the molecule is CC(C)[C@H](N)C(=O)NCC(=O)N1CCCC(C(=O)N2CCCC2)C1.Cl. The van der Waals surface area contributed by atoms with Crippen molar-refractivity contribution >= 4 is 30.1 Å². The molecule has 1 unspecified atom stereocenters. The fourth-order valence-corrected chi connectivity index (χ4v) is 3.30. The van der Waals surface area contributed by atoms with Crippen LogP contribution in [0.2, 0.25) is 0 Å². The van der Waals surface area contributed by atoms with Crippen molar-refractivity contribution in [3.05, 3.63) is 0 Å². The molecule has 2 atom stereocenters. The van der Waals surface area contributed by atoms with Crippen LogP contribution in [-0.4, -0.2) is 66.3 Å². The van der Waals surface area contributed by atoms with Gasteiger partial charge in [0.25, 0.3) is 0 Å². The Kier molecular flexibility index (Phi) is 8.65. The van der Waals surface area contributed by atoms with Gasteiger partial charge in [0, 0.05) is 26.2 Å². The van der Waals surface area contributed by atoms with Crippen molar-refractivity contribution in [3.63, 3.8) is 0 Å². The highest BCUT2D eigenvalue weighted by atomic mass is 35.5. The maximum absolute atomic E-state index is 12.5. The molecule has 0 aromatic carbocycles. The molecule has 0 bridgehead atoms. The zero-order valence-corrected chi connectivity index (χ0v) is 16.0. The largest absolute Gasteiger partial charge is 0.346 e. The van der Waals surface area contributed by atoms with E-state index in [4.69, 9.17) is 5.73 Å². The monoisotopic (exact) mass is 374 g/mol. The predicted octanol–water partition coefficient (Wildman–Crippen LogP) is 0.369. The summed E-state index contributed by atoms with van der Waals surface area (Å²) in [4.78, 5) is 40.3. The van der Waals surface area contributed by atoms with E-state index in [2.05, 4.69) is 5.32 Å². The second-order valence-electron chi connectivity index (χ2n) is 7.20. The second-order valence-corrected chi connectivity index (χ2v) is 7.20. The lowest BCUT2D eigenvalue weighted by Crippen LogP contribution is -2.51. The van der Waals surface area contributed by atoms with E-state index in [-0.39, 0.29) is 48.5 Å². The number of likely N-dealkylation sites (tertiary alicyclic amines) is 2. The number of nitrogens with zero attached hydrogens (tertiary/aromatic N) is 2. The minimum Gasteiger partial charge on any atom is -0.346 e. The fourth-order valence-electron chi connectivity index (χ4n) is 3.30. The van der Waals surface area contributed by atoms with Gasteiger partial charge in [-0.15, -0.1) is 12.4 Å². The van der Waals surface area contributed by atoms with E-state index in [9.17, 15) is 14.4 Å². The number of rotatable bonds is 5. The summed E-state index contributed by atoms with van der Waals surface area (Å²) in [5, 5.41) is 2.61. The van der Waals surface area contributed by atoms with Crippen molar-refractivity contribution in [2.24, 2.45) is 17.6 Å². The molecule has 2 heterocycles. The highest BCUT2D eigenvalue weighted by molar-refractivity contribution is 5.88. The van der Waals surface area contributed by atoms with Gasteiger partial charge < -0.3 is 20.9 Å². The molecule has 2 aliphatic rings. The van der Waals surface area contributed by atoms with Crippen LogP contribution in [0.4, 0.5) is 0 Å². The van der Waals surface area contributed by atoms with Crippen molar-refractivity contribution in [3.8, 4) is 0 Å². The van der Waals surface area contributed by atoms with Crippen molar-refractivity contribution in [2.45, 2.75) is 45.6 Å². The average molecular weight is 375 g/mol. The molecule has 7 nitrogen and oxygen atoms in total.